The number of rotatable bonds is 6. The number of nitriles is 1. The normalized spacial score (nSPS) is 20.5. The molecule has 2 aliphatic rings. The van der Waals surface area contributed by atoms with Crippen molar-refractivity contribution in [3.8, 4) is 6.07 Å². The van der Waals surface area contributed by atoms with Crippen molar-refractivity contribution in [3.63, 3.8) is 0 Å². The number of benzene rings is 2. The lowest BCUT2D eigenvalue weighted by Crippen LogP contribution is -2.52. The van der Waals surface area contributed by atoms with Gasteiger partial charge in [-0.1, -0.05) is 25.0 Å². The molecule has 0 heterocycles. The molecular formula is C25H28N4O2. The summed E-state index contributed by atoms with van der Waals surface area (Å²) in [6.45, 7) is 0.508. The summed E-state index contributed by atoms with van der Waals surface area (Å²) in [7, 11) is 0. The van der Waals surface area contributed by atoms with Crippen molar-refractivity contribution in [1.82, 2.24) is 4.90 Å². The summed E-state index contributed by atoms with van der Waals surface area (Å²) in [6, 6.07) is 16.3. The maximum absolute atomic E-state index is 13.0. The number of amides is 2. The van der Waals surface area contributed by atoms with E-state index in [0.717, 1.165) is 44.1 Å². The van der Waals surface area contributed by atoms with Gasteiger partial charge in [0.15, 0.2) is 0 Å². The van der Waals surface area contributed by atoms with Crippen LogP contribution in [0.3, 0.4) is 0 Å². The van der Waals surface area contributed by atoms with Gasteiger partial charge >= 0.3 is 0 Å². The predicted octanol–water partition coefficient (Wildman–Crippen LogP) is 3.82. The van der Waals surface area contributed by atoms with E-state index in [1.54, 1.807) is 24.3 Å². The standard InChI is InChI=1S/C25H28N4O2/c26-15-17-8-10-19(11-9-17)24(30)28-21-5-3-4-18(14-21)16-29(25(31)20-12-13-20)23-7-2-1-6-22(23)27/h3-5,8-11,14,20,22-23H,1-2,6-7,12-13,16,27H2,(H,28,30). The Bertz CT molecular complexity index is 991. The zero-order valence-electron chi connectivity index (χ0n) is 17.6. The van der Waals surface area contributed by atoms with Crippen LogP contribution in [0, 0.1) is 17.2 Å². The summed E-state index contributed by atoms with van der Waals surface area (Å²) >= 11 is 0. The summed E-state index contributed by atoms with van der Waals surface area (Å²) in [6.07, 6.45) is 6.08. The monoisotopic (exact) mass is 416 g/mol. The Morgan fingerprint density at radius 3 is 2.48 bits per heavy atom. The van der Waals surface area contributed by atoms with E-state index in [1.807, 2.05) is 35.2 Å². The van der Waals surface area contributed by atoms with Crippen LogP contribution in [0.2, 0.25) is 0 Å². The molecule has 160 valence electrons. The molecule has 0 spiro atoms. The lowest BCUT2D eigenvalue weighted by molar-refractivity contribution is -0.136. The maximum atomic E-state index is 13.0. The Morgan fingerprint density at radius 2 is 1.81 bits per heavy atom. The van der Waals surface area contributed by atoms with Gasteiger partial charge < -0.3 is 16.0 Å². The van der Waals surface area contributed by atoms with E-state index in [1.165, 1.54) is 0 Å². The number of nitrogens with two attached hydrogens (primary N) is 1. The first kappa shape index (κ1) is 21.1. The minimum absolute atomic E-state index is 0.0238. The Morgan fingerprint density at radius 1 is 1.06 bits per heavy atom. The minimum Gasteiger partial charge on any atom is -0.334 e. The van der Waals surface area contributed by atoms with Gasteiger partial charge in [-0.2, -0.15) is 5.26 Å². The Labute approximate surface area is 183 Å². The summed E-state index contributed by atoms with van der Waals surface area (Å²) < 4.78 is 0. The van der Waals surface area contributed by atoms with Crippen LogP contribution in [-0.2, 0) is 11.3 Å². The fraction of sp³-hybridized carbons (Fsp3) is 0.400. The number of anilines is 1. The third kappa shape index (κ3) is 5.12. The van der Waals surface area contributed by atoms with Gasteiger partial charge in [-0.05, 0) is 67.6 Å². The lowest BCUT2D eigenvalue weighted by Gasteiger charge is -2.38. The van der Waals surface area contributed by atoms with Gasteiger partial charge in [0.25, 0.3) is 5.91 Å². The van der Waals surface area contributed by atoms with Crippen LogP contribution in [0.4, 0.5) is 5.69 Å². The van der Waals surface area contributed by atoms with E-state index in [0.29, 0.717) is 23.4 Å². The highest BCUT2D eigenvalue weighted by Gasteiger charge is 2.38. The summed E-state index contributed by atoms with van der Waals surface area (Å²) in [5.74, 6) is 0.129. The van der Waals surface area contributed by atoms with Crippen LogP contribution in [0.25, 0.3) is 0 Å². The van der Waals surface area contributed by atoms with Gasteiger partial charge in [-0.25, -0.2) is 0 Å². The van der Waals surface area contributed by atoms with Gasteiger partial charge in [0.2, 0.25) is 5.91 Å². The molecule has 2 amide bonds. The second-order valence-corrected chi connectivity index (χ2v) is 8.60. The van der Waals surface area contributed by atoms with Crippen LogP contribution >= 0.6 is 0 Å². The SMILES string of the molecule is N#Cc1ccc(C(=O)Nc2cccc(CN(C(=O)C3CC3)C3CCCCC3N)c2)cc1. The highest BCUT2D eigenvalue weighted by atomic mass is 16.2. The average Bonchev–Trinajstić information content (AvgIpc) is 3.63. The number of carbonyl (C=O) groups is 2. The average molecular weight is 417 g/mol. The van der Waals surface area contributed by atoms with Gasteiger partial charge in [-0.3, -0.25) is 9.59 Å². The van der Waals surface area contributed by atoms with E-state index in [9.17, 15) is 9.59 Å². The third-order valence-corrected chi connectivity index (χ3v) is 6.21. The molecule has 0 radical (unpaired) electrons. The van der Waals surface area contributed by atoms with Gasteiger partial charge in [0, 0.05) is 35.8 Å². The molecule has 2 saturated carbocycles. The van der Waals surface area contributed by atoms with Crippen molar-refractivity contribution in [2.75, 3.05) is 5.32 Å². The molecule has 2 atom stereocenters. The number of hydrogen-bond donors (Lipinski definition) is 2. The van der Waals surface area contributed by atoms with Crippen molar-refractivity contribution in [1.29, 1.82) is 5.26 Å². The Hall–Kier alpha value is -3.17. The number of nitrogens with zero attached hydrogens (tertiary/aromatic N) is 2. The molecule has 6 nitrogen and oxygen atoms in total. The summed E-state index contributed by atoms with van der Waals surface area (Å²) in [4.78, 5) is 27.6. The molecule has 6 heteroatoms. The fourth-order valence-electron chi connectivity index (χ4n) is 4.29. The highest BCUT2D eigenvalue weighted by molar-refractivity contribution is 6.04. The van der Waals surface area contributed by atoms with Gasteiger partial charge in [-0.15, -0.1) is 0 Å². The van der Waals surface area contributed by atoms with Crippen LogP contribution in [0.1, 0.15) is 60.0 Å². The van der Waals surface area contributed by atoms with Gasteiger partial charge in [0.05, 0.1) is 11.6 Å². The number of nitrogens with one attached hydrogen (secondary N) is 1. The van der Waals surface area contributed by atoms with E-state index < -0.39 is 0 Å². The first-order valence-corrected chi connectivity index (χ1v) is 11.0. The van der Waals surface area contributed by atoms with E-state index >= 15 is 0 Å². The van der Waals surface area contributed by atoms with Crippen molar-refractivity contribution >= 4 is 17.5 Å². The highest BCUT2D eigenvalue weighted by Crippen LogP contribution is 2.34. The van der Waals surface area contributed by atoms with Crippen LogP contribution in [0.5, 0.6) is 0 Å². The molecule has 2 aliphatic carbocycles. The van der Waals surface area contributed by atoms with E-state index in [2.05, 4.69) is 5.32 Å². The summed E-state index contributed by atoms with van der Waals surface area (Å²) in [5.41, 5.74) is 9.06. The molecule has 0 bridgehead atoms. The molecule has 0 aliphatic heterocycles. The van der Waals surface area contributed by atoms with Crippen LogP contribution < -0.4 is 11.1 Å². The molecule has 2 fully saturated rings. The van der Waals surface area contributed by atoms with Crippen molar-refractivity contribution in [2.45, 2.75) is 57.2 Å². The molecule has 2 aromatic rings. The second-order valence-electron chi connectivity index (χ2n) is 8.60. The fourth-order valence-corrected chi connectivity index (χ4v) is 4.29. The molecule has 31 heavy (non-hydrogen) atoms. The Kier molecular flexibility index (Phi) is 6.34. The zero-order chi connectivity index (χ0) is 21.8. The molecule has 2 unspecified atom stereocenters. The molecule has 0 saturated heterocycles. The second kappa shape index (κ2) is 9.32. The van der Waals surface area contributed by atoms with Gasteiger partial charge in [0.1, 0.15) is 0 Å². The third-order valence-electron chi connectivity index (χ3n) is 6.21. The number of carbonyl (C=O) groups excluding carboxylic acids is 2. The van der Waals surface area contributed by atoms with E-state index in [4.69, 9.17) is 11.0 Å². The summed E-state index contributed by atoms with van der Waals surface area (Å²) in [5, 5.41) is 11.8. The molecular weight excluding hydrogens is 388 g/mol. The number of hydrogen-bond acceptors (Lipinski definition) is 4. The first-order valence-electron chi connectivity index (χ1n) is 11.0. The van der Waals surface area contributed by atoms with E-state index in [-0.39, 0.29) is 29.8 Å². The molecule has 4 rings (SSSR count). The maximum Gasteiger partial charge on any atom is 0.255 e. The molecule has 2 aromatic carbocycles. The van der Waals surface area contributed by atoms with Crippen LogP contribution in [0.15, 0.2) is 48.5 Å². The largest absolute Gasteiger partial charge is 0.334 e. The smallest absolute Gasteiger partial charge is 0.255 e. The quantitative estimate of drug-likeness (QED) is 0.748. The van der Waals surface area contributed by atoms with Crippen molar-refractivity contribution in [2.24, 2.45) is 11.7 Å². The molecule has 3 N–H and O–H groups in total. The lowest BCUT2D eigenvalue weighted by atomic mass is 9.89. The van der Waals surface area contributed by atoms with Crippen molar-refractivity contribution in [3.05, 3.63) is 65.2 Å². The zero-order valence-corrected chi connectivity index (χ0v) is 17.6. The molecule has 0 aromatic heterocycles. The van der Waals surface area contributed by atoms with Crippen molar-refractivity contribution < 1.29 is 9.59 Å². The topological polar surface area (TPSA) is 99.2 Å². The first-order chi connectivity index (χ1) is 15.0. The Balaban J connectivity index is 1.48. The predicted molar refractivity (Wildman–Crippen MR) is 119 cm³/mol. The minimum atomic E-state index is -0.234. The van der Waals surface area contributed by atoms with Crippen LogP contribution in [-0.4, -0.2) is 28.8 Å².